The predicted octanol–water partition coefficient (Wildman–Crippen LogP) is 4.16. The van der Waals surface area contributed by atoms with Crippen molar-refractivity contribution in [2.24, 2.45) is 0 Å². The molecule has 0 spiro atoms. The maximum atomic E-state index is 12.6. The summed E-state index contributed by atoms with van der Waals surface area (Å²) in [6.07, 6.45) is 2.99. The van der Waals surface area contributed by atoms with Crippen molar-refractivity contribution in [1.29, 1.82) is 0 Å². The van der Waals surface area contributed by atoms with Crippen LogP contribution in [0.3, 0.4) is 0 Å². The number of anilines is 2. The summed E-state index contributed by atoms with van der Waals surface area (Å²) < 4.78 is 0. The molecule has 0 saturated carbocycles. The molecule has 8 heteroatoms. The van der Waals surface area contributed by atoms with Crippen LogP contribution in [0.25, 0.3) is 0 Å². The fourth-order valence-corrected chi connectivity index (χ4v) is 4.93. The van der Waals surface area contributed by atoms with E-state index < -0.39 is 0 Å². The molecular weight excluding hydrogens is 416 g/mol. The monoisotopic (exact) mass is 440 g/mol. The van der Waals surface area contributed by atoms with Gasteiger partial charge in [0.2, 0.25) is 11.8 Å². The first kappa shape index (κ1) is 20.7. The van der Waals surface area contributed by atoms with E-state index in [-0.39, 0.29) is 18.2 Å². The SMILES string of the molecule is O=C(Cc1cccs1)Nc1nc(CC(=O)Nc2ccccc2CN2CCCC2)cs1. The second-order valence-corrected chi connectivity index (χ2v) is 9.20. The zero-order valence-corrected chi connectivity index (χ0v) is 18.2. The van der Waals surface area contributed by atoms with E-state index in [1.165, 1.54) is 24.2 Å². The van der Waals surface area contributed by atoms with E-state index in [0.29, 0.717) is 17.2 Å². The summed E-state index contributed by atoms with van der Waals surface area (Å²) in [4.78, 5) is 32.5. The number of nitrogens with zero attached hydrogens (tertiary/aromatic N) is 2. The summed E-state index contributed by atoms with van der Waals surface area (Å²) in [6, 6.07) is 11.8. The Morgan fingerprint density at radius 3 is 2.57 bits per heavy atom. The highest BCUT2D eigenvalue weighted by molar-refractivity contribution is 7.14. The van der Waals surface area contributed by atoms with Crippen LogP contribution >= 0.6 is 22.7 Å². The number of amides is 2. The smallest absolute Gasteiger partial charge is 0.231 e. The standard InChI is InChI=1S/C22H24N4O2S2/c27-20(24-19-8-2-1-6-16(19)14-26-9-3-4-10-26)12-17-15-30-22(23-17)25-21(28)13-18-7-5-11-29-18/h1-2,5-8,11,15H,3-4,9-10,12-14H2,(H,24,27)(H,23,25,28). The number of hydrogen-bond donors (Lipinski definition) is 2. The first-order valence-electron chi connectivity index (χ1n) is 10.0. The largest absolute Gasteiger partial charge is 0.325 e. The van der Waals surface area contributed by atoms with Crippen LogP contribution < -0.4 is 10.6 Å². The Kier molecular flexibility index (Phi) is 6.88. The van der Waals surface area contributed by atoms with Crippen molar-refractivity contribution in [2.45, 2.75) is 32.2 Å². The van der Waals surface area contributed by atoms with E-state index in [9.17, 15) is 9.59 Å². The van der Waals surface area contributed by atoms with E-state index in [1.807, 2.05) is 41.1 Å². The van der Waals surface area contributed by atoms with Gasteiger partial charge in [-0.1, -0.05) is 24.3 Å². The molecule has 0 bridgehead atoms. The lowest BCUT2D eigenvalue weighted by Gasteiger charge is -2.17. The van der Waals surface area contributed by atoms with Crippen molar-refractivity contribution in [3.8, 4) is 0 Å². The molecule has 156 valence electrons. The van der Waals surface area contributed by atoms with Gasteiger partial charge in [-0.15, -0.1) is 22.7 Å². The van der Waals surface area contributed by atoms with Crippen molar-refractivity contribution in [3.63, 3.8) is 0 Å². The summed E-state index contributed by atoms with van der Waals surface area (Å²) >= 11 is 2.89. The summed E-state index contributed by atoms with van der Waals surface area (Å²) in [6.45, 7) is 3.08. The molecule has 3 heterocycles. The Hall–Kier alpha value is -2.55. The number of carbonyl (C=O) groups excluding carboxylic acids is 2. The fourth-order valence-electron chi connectivity index (χ4n) is 3.50. The average molecular weight is 441 g/mol. The molecule has 6 nitrogen and oxygen atoms in total. The molecule has 4 rings (SSSR count). The lowest BCUT2D eigenvalue weighted by molar-refractivity contribution is -0.116. The van der Waals surface area contributed by atoms with Gasteiger partial charge >= 0.3 is 0 Å². The number of thiophene rings is 1. The Labute approximate surface area is 184 Å². The summed E-state index contributed by atoms with van der Waals surface area (Å²) in [5.74, 6) is -0.204. The van der Waals surface area contributed by atoms with Crippen LogP contribution in [-0.4, -0.2) is 34.8 Å². The van der Waals surface area contributed by atoms with Gasteiger partial charge < -0.3 is 10.6 Å². The van der Waals surface area contributed by atoms with Gasteiger partial charge in [-0.25, -0.2) is 4.98 Å². The minimum absolute atomic E-state index is 0.0985. The van der Waals surface area contributed by atoms with Gasteiger partial charge in [0.25, 0.3) is 0 Å². The van der Waals surface area contributed by atoms with E-state index in [1.54, 1.807) is 11.3 Å². The van der Waals surface area contributed by atoms with Crippen LogP contribution in [0.15, 0.2) is 47.2 Å². The molecule has 2 aromatic heterocycles. The average Bonchev–Trinajstić information content (AvgIpc) is 3.48. The topological polar surface area (TPSA) is 74.3 Å². The molecule has 2 amide bonds. The van der Waals surface area contributed by atoms with Gasteiger partial charge in [0, 0.05) is 22.5 Å². The van der Waals surface area contributed by atoms with Gasteiger partial charge in [-0.05, 0) is 49.0 Å². The van der Waals surface area contributed by atoms with Crippen molar-refractivity contribution in [2.75, 3.05) is 23.7 Å². The number of nitrogens with one attached hydrogen (secondary N) is 2. The number of rotatable bonds is 8. The van der Waals surface area contributed by atoms with Crippen molar-refractivity contribution in [3.05, 3.63) is 63.3 Å². The molecule has 0 aliphatic carbocycles. The molecule has 0 atom stereocenters. The Balaban J connectivity index is 1.31. The first-order chi connectivity index (χ1) is 14.7. The minimum Gasteiger partial charge on any atom is -0.325 e. The third-order valence-corrected chi connectivity index (χ3v) is 6.62. The lowest BCUT2D eigenvalue weighted by Crippen LogP contribution is -2.21. The Bertz CT molecular complexity index is 994. The van der Waals surface area contributed by atoms with Crippen molar-refractivity contribution < 1.29 is 9.59 Å². The molecule has 1 aliphatic rings. The van der Waals surface area contributed by atoms with Crippen LogP contribution in [0.1, 0.15) is 29.0 Å². The number of para-hydroxylation sites is 1. The summed E-state index contributed by atoms with van der Waals surface area (Å²) in [5.41, 5.74) is 2.64. The van der Waals surface area contributed by atoms with E-state index in [2.05, 4.69) is 26.6 Å². The molecule has 0 unspecified atom stereocenters. The number of thiazole rings is 1. The molecule has 0 radical (unpaired) electrons. The highest BCUT2D eigenvalue weighted by atomic mass is 32.1. The first-order valence-corrected chi connectivity index (χ1v) is 11.8. The zero-order chi connectivity index (χ0) is 20.8. The quantitative estimate of drug-likeness (QED) is 0.552. The molecule has 2 N–H and O–H groups in total. The summed E-state index contributed by atoms with van der Waals surface area (Å²) in [5, 5.41) is 10.1. The normalized spacial score (nSPS) is 14.0. The molecular formula is C22H24N4O2S2. The number of hydrogen-bond acceptors (Lipinski definition) is 6. The Morgan fingerprint density at radius 1 is 0.967 bits per heavy atom. The van der Waals surface area contributed by atoms with Crippen LogP contribution in [0, 0.1) is 0 Å². The maximum absolute atomic E-state index is 12.6. The van der Waals surface area contributed by atoms with Gasteiger partial charge in [0.1, 0.15) is 0 Å². The van der Waals surface area contributed by atoms with E-state index >= 15 is 0 Å². The number of likely N-dealkylation sites (tertiary alicyclic amines) is 1. The van der Waals surface area contributed by atoms with Gasteiger partial charge in [0.15, 0.2) is 5.13 Å². The van der Waals surface area contributed by atoms with Gasteiger partial charge in [-0.3, -0.25) is 14.5 Å². The van der Waals surface area contributed by atoms with Crippen LogP contribution in [0.4, 0.5) is 10.8 Å². The molecule has 3 aromatic rings. The zero-order valence-electron chi connectivity index (χ0n) is 16.6. The highest BCUT2D eigenvalue weighted by Crippen LogP contribution is 2.21. The molecule has 30 heavy (non-hydrogen) atoms. The molecule has 1 aromatic carbocycles. The number of aromatic nitrogens is 1. The van der Waals surface area contributed by atoms with Crippen LogP contribution in [-0.2, 0) is 29.0 Å². The maximum Gasteiger partial charge on any atom is 0.231 e. The minimum atomic E-state index is -0.106. The third-order valence-electron chi connectivity index (χ3n) is 4.94. The van der Waals surface area contributed by atoms with Crippen molar-refractivity contribution in [1.82, 2.24) is 9.88 Å². The fraction of sp³-hybridized carbons (Fsp3) is 0.318. The highest BCUT2D eigenvalue weighted by Gasteiger charge is 2.15. The molecule has 1 fully saturated rings. The number of carbonyl (C=O) groups is 2. The summed E-state index contributed by atoms with van der Waals surface area (Å²) in [7, 11) is 0. The second kappa shape index (κ2) is 9.97. The molecule has 1 aliphatic heterocycles. The number of benzene rings is 1. The van der Waals surface area contributed by atoms with Gasteiger partial charge in [-0.2, -0.15) is 0 Å². The second-order valence-electron chi connectivity index (χ2n) is 7.31. The van der Waals surface area contributed by atoms with Crippen LogP contribution in [0.2, 0.25) is 0 Å². The predicted molar refractivity (Wildman–Crippen MR) is 122 cm³/mol. The van der Waals surface area contributed by atoms with Crippen LogP contribution in [0.5, 0.6) is 0 Å². The lowest BCUT2D eigenvalue weighted by atomic mass is 10.1. The van der Waals surface area contributed by atoms with E-state index in [4.69, 9.17) is 0 Å². The van der Waals surface area contributed by atoms with Crippen molar-refractivity contribution >= 4 is 45.3 Å². The Morgan fingerprint density at radius 2 is 1.77 bits per heavy atom. The van der Waals surface area contributed by atoms with Gasteiger partial charge in [0.05, 0.1) is 18.5 Å². The third kappa shape index (κ3) is 5.75. The van der Waals surface area contributed by atoms with E-state index in [0.717, 1.165) is 35.8 Å². The molecule has 1 saturated heterocycles.